The molecule has 7 nitrogen and oxygen atoms in total. The minimum Gasteiger partial charge on any atom is -0.465 e. The number of ketones is 2. The Morgan fingerprint density at radius 1 is 0.880 bits per heavy atom. The largest absolute Gasteiger partial charge is 0.465 e. The Morgan fingerprint density at radius 3 is 1.92 bits per heavy atom. The molecule has 0 bridgehead atoms. The molecule has 1 saturated heterocycles. The molecule has 4 rings (SSSR count). The zero-order valence-electron chi connectivity index (χ0n) is 13.8. The van der Waals surface area contributed by atoms with Crippen molar-refractivity contribution in [3.63, 3.8) is 0 Å². The van der Waals surface area contributed by atoms with Crippen molar-refractivity contribution in [2.75, 3.05) is 6.61 Å². The first-order valence-electron chi connectivity index (χ1n) is 8.85. The third-order valence-corrected chi connectivity index (χ3v) is 5.59. The van der Waals surface area contributed by atoms with Crippen LogP contribution in [-0.2, 0) is 19.1 Å². The fourth-order valence-corrected chi connectivity index (χ4v) is 4.40. The number of aliphatic hydroxyl groups excluding tert-OH is 3. The summed E-state index contributed by atoms with van der Waals surface area (Å²) in [5.74, 6) is 0.184. The van der Waals surface area contributed by atoms with E-state index in [1.54, 1.807) is 0 Å². The van der Waals surface area contributed by atoms with E-state index < -0.39 is 36.9 Å². The molecule has 0 aromatic carbocycles. The van der Waals surface area contributed by atoms with Gasteiger partial charge in [0.1, 0.15) is 29.8 Å². The van der Waals surface area contributed by atoms with Gasteiger partial charge in [-0.25, -0.2) is 0 Å². The third kappa shape index (κ3) is 2.57. The molecular formula is C18H22O7. The van der Waals surface area contributed by atoms with Crippen LogP contribution in [0.15, 0.2) is 22.7 Å². The van der Waals surface area contributed by atoms with Crippen LogP contribution in [0.4, 0.5) is 0 Å². The molecule has 7 heteroatoms. The second-order valence-corrected chi connectivity index (χ2v) is 7.11. The molecule has 25 heavy (non-hydrogen) atoms. The minimum atomic E-state index is -1.28. The highest BCUT2D eigenvalue weighted by atomic mass is 16.6. The Bertz CT molecular complexity index is 635. The predicted octanol–water partition coefficient (Wildman–Crippen LogP) is 0.128. The lowest BCUT2D eigenvalue weighted by Crippen LogP contribution is -2.43. The average Bonchev–Trinajstić information content (AvgIpc) is 2.88. The molecule has 3 N–H and O–H groups in total. The van der Waals surface area contributed by atoms with Crippen LogP contribution >= 0.6 is 0 Å². The monoisotopic (exact) mass is 350 g/mol. The molecule has 2 aliphatic heterocycles. The Balaban J connectivity index is 1.81. The molecule has 1 fully saturated rings. The van der Waals surface area contributed by atoms with E-state index in [1.807, 2.05) is 0 Å². The number of rotatable bonds is 2. The summed E-state index contributed by atoms with van der Waals surface area (Å²) in [5.41, 5.74) is 0.796. The van der Waals surface area contributed by atoms with Crippen molar-refractivity contribution in [1.82, 2.24) is 0 Å². The topological polar surface area (TPSA) is 113 Å². The molecule has 0 saturated carbocycles. The van der Waals surface area contributed by atoms with Crippen LogP contribution in [-0.4, -0.2) is 57.9 Å². The summed E-state index contributed by atoms with van der Waals surface area (Å²) in [6.07, 6.45) is -1.10. The van der Waals surface area contributed by atoms with Crippen molar-refractivity contribution >= 4 is 11.6 Å². The number of aliphatic hydroxyl groups is 3. The van der Waals surface area contributed by atoms with Gasteiger partial charge < -0.3 is 24.8 Å². The van der Waals surface area contributed by atoms with E-state index in [4.69, 9.17) is 9.47 Å². The van der Waals surface area contributed by atoms with E-state index >= 15 is 0 Å². The first-order valence-corrected chi connectivity index (χ1v) is 8.85. The molecule has 0 amide bonds. The molecular weight excluding hydrogens is 328 g/mol. The van der Waals surface area contributed by atoms with Crippen LogP contribution < -0.4 is 0 Å². The number of allylic oxidation sites excluding steroid dienone is 2. The fraction of sp³-hybridized carbons (Fsp3) is 0.667. The smallest absolute Gasteiger partial charge is 0.162 e. The zero-order chi connectivity index (χ0) is 17.7. The van der Waals surface area contributed by atoms with Crippen LogP contribution in [0.3, 0.4) is 0 Å². The summed E-state index contributed by atoms with van der Waals surface area (Å²) < 4.78 is 11.6. The standard InChI is InChI=1S/C18H22O7/c19-7-12-16(22)17(23)18(25-12)15-13-8(20)3-1-5-10(13)24-11-6-2-4-9(21)14(11)15/h12,15-19,22-23H,1-7H2/t12-,16-,17+,18?/m1/s1. The minimum absolute atomic E-state index is 0.103. The number of hydrogen-bond acceptors (Lipinski definition) is 7. The third-order valence-electron chi connectivity index (χ3n) is 5.59. The van der Waals surface area contributed by atoms with Gasteiger partial charge in [-0.15, -0.1) is 0 Å². The van der Waals surface area contributed by atoms with Crippen LogP contribution in [0.1, 0.15) is 38.5 Å². The van der Waals surface area contributed by atoms with E-state index in [0.717, 1.165) is 0 Å². The second-order valence-electron chi connectivity index (χ2n) is 7.11. The van der Waals surface area contributed by atoms with Gasteiger partial charge in [-0.3, -0.25) is 9.59 Å². The fourth-order valence-electron chi connectivity index (χ4n) is 4.40. The summed E-state index contributed by atoms with van der Waals surface area (Å²) in [6.45, 7) is -0.447. The zero-order valence-corrected chi connectivity index (χ0v) is 13.8. The average molecular weight is 350 g/mol. The van der Waals surface area contributed by atoms with Gasteiger partial charge in [0, 0.05) is 36.8 Å². The summed E-state index contributed by atoms with van der Waals surface area (Å²) in [6, 6.07) is 0. The second kappa shape index (κ2) is 6.32. The maximum Gasteiger partial charge on any atom is 0.162 e. The molecule has 136 valence electrons. The van der Waals surface area contributed by atoms with Crippen molar-refractivity contribution in [3.05, 3.63) is 22.7 Å². The molecule has 0 aromatic rings. The molecule has 0 spiro atoms. The molecule has 0 aromatic heterocycles. The molecule has 2 heterocycles. The van der Waals surface area contributed by atoms with Gasteiger partial charge in [0.15, 0.2) is 11.6 Å². The molecule has 2 aliphatic carbocycles. The van der Waals surface area contributed by atoms with Crippen molar-refractivity contribution in [2.24, 2.45) is 5.92 Å². The quantitative estimate of drug-likeness (QED) is 0.649. The van der Waals surface area contributed by atoms with Gasteiger partial charge in [-0.1, -0.05) is 0 Å². The van der Waals surface area contributed by atoms with Crippen LogP contribution in [0, 0.1) is 5.92 Å². The first kappa shape index (κ1) is 16.9. The van der Waals surface area contributed by atoms with Crippen LogP contribution in [0.25, 0.3) is 0 Å². The SMILES string of the molecule is O=C1CCCC2=C1C(C1O[C@H](CO)[C@@H](O)[C@@H]1O)C1=C(CCCC1=O)O2. The molecule has 0 radical (unpaired) electrons. The molecule has 4 aliphatic rings. The van der Waals surface area contributed by atoms with Gasteiger partial charge in [-0.2, -0.15) is 0 Å². The van der Waals surface area contributed by atoms with Gasteiger partial charge in [0.2, 0.25) is 0 Å². The number of hydrogen-bond donors (Lipinski definition) is 3. The Morgan fingerprint density at radius 2 is 1.44 bits per heavy atom. The van der Waals surface area contributed by atoms with Crippen molar-refractivity contribution in [1.29, 1.82) is 0 Å². The summed E-state index contributed by atoms with van der Waals surface area (Å²) in [7, 11) is 0. The maximum atomic E-state index is 12.6. The van der Waals surface area contributed by atoms with Gasteiger partial charge in [0.05, 0.1) is 18.6 Å². The number of carbonyl (C=O) groups excluding carboxylic acids is 2. The Hall–Kier alpha value is -1.54. The number of Topliss-reactive ketones (excluding diaryl/α,β-unsaturated/α-hetero) is 2. The highest BCUT2D eigenvalue weighted by molar-refractivity contribution is 6.04. The number of ether oxygens (including phenoxy) is 2. The van der Waals surface area contributed by atoms with E-state index in [0.29, 0.717) is 61.2 Å². The maximum absolute atomic E-state index is 12.6. The highest BCUT2D eigenvalue weighted by Gasteiger charge is 2.53. The van der Waals surface area contributed by atoms with Crippen LogP contribution in [0.2, 0.25) is 0 Å². The van der Waals surface area contributed by atoms with Crippen molar-refractivity contribution in [2.45, 2.75) is 62.9 Å². The lowest BCUT2D eigenvalue weighted by Gasteiger charge is -2.38. The Labute approximate surface area is 144 Å². The van der Waals surface area contributed by atoms with E-state index in [2.05, 4.69) is 0 Å². The van der Waals surface area contributed by atoms with Crippen molar-refractivity contribution in [3.8, 4) is 0 Å². The van der Waals surface area contributed by atoms with E-state index in [-0.39, 0.29) is 11.6 Å². The van der Waals surface area contributed by atoms with Crippen molar-refractivity contribution < 1.29 is 34.4 Å². The normalized spacial score (nSPS) is 36.4. The van der Waals surface area contributed by atoms with Gasteiger partial charge >= 0.3 is 0 Å². The summed E-state index contributed by atoms with van der Waals surface area (Å²) in [4.78, 5) is 25.2. The first-order chi connectivity index (χ1) is 12.0. The lowest BCUT2D eigenvalue weighted by molar-refractivity contribution is -0.120. The van der Waals surface area contributed by atoms with E-state index in [1.165, 1.54) is 0 Å². The lowest BCUT2D eigenvalue weighted by atomic mass is 9.72. The molecule has 1 unspecified atom stereocenters. The predicted molar refractivity (Wildman–Crippen MR) is 84.1 cm³/mol. The summed E-state index contributed by atoms with van der Waals surface area (Å²) in [5, 5.41) is 29.9. The summed E-state index contributed by atoms with van der Waals surface area (Å²) >= 11 is 0. The highest BCUT2D eigenvalue weighted by Crippen LogP contribution is 2.47. The van der Waals surface area contributed by atoms with Gasteiger partial charge in [-0.05, 0) is 12.8 Å². The van der Waals surface area contributed by atoms with Crippen LogP contribution in [0.5, 0.6) is 0 Å². The van der Waals surface area contributed by atoms with E-state index in [9.17, 15) is 24.9 Å². The molecule has 4 atom stereocenters. The van der Waals surface area contributed by atoms with Gasteiger partial charge in [0.25, 0.3) is 0 Å². The number of carbonyl (C=O) groups is 2. The Kier molecular flexibility index (Phi) is 4.27.